The zero-order valence-electron chi connectivity index (χ0n) is 4.92. The minimum atomic E-state index is -0.160. The highest BCUT2D eigenvalue weighted by Crippen LogP contribution is 2.01. The Kier molecular flexibility index (Phi) is 1.48. The molecule has 48 valence electrons. The van der Waals surface area contributed by atoms with Crippen molar-refractivity contribution in [2.75, 3.05) is 5.32 Å². The second kappa shape index (κ2) is 2.30. The summed E-state index contributed by atoms with van der Waals surface area (Å²) >= 11 is 0. The van der Waals surface area contributed by atoms with Gasteiger partial charge in [0.25, 0.3) is 0 Å². The lowest BCUT2D eigenvalue weighted by molar-refractivity contribution is -0.114. The molecule has 4 nitrogen and oxygen atoms in total. The third kappa shape index (κ3) is 1.56. The Bertz CT molecular complexity index is 193. The van der Waals surface area contributed by atoms with Crippen LogP contribution in [0.5, 0.6) is 0 Å². The summed E-state index contributed by atoms with van der Waals surface area (Å²) in [6.07, 6.45) is 2.69. The third-order valence-corrected chi connectivity index (χ3v) is 0.732. The Balaban J connectivity index is 2.58. The summed E-state index contributed by atoms with van der Waals surface area (Å²) in [5.41, 5.74) is 0. The molecule has 1 aromatic rings. The van der Waals surface area contributed by atoms with Gasteiger partial charge in [0.15, 0.2) is 6.39 Å². The maximum atomic E-state index is 10.3. The van der Waals surface area contributed by atoms with Crippen molar-refractivity contribution in [3.05, 3.63) is 12.6 Å². The summed E-state index contributed by atoms with van der Waals surface area (Å²) in [6, 6.07) is 0. The predicted molar refractivity (Wildman–Crippen MR) is 30.8 cm³/mol. The maximum Gasteiger partial charge on any atom is 0.223 e. The summed E-state index contributed by atoms with van der Waals surface area (Å²) in [6.45, 7) is 1.41. The molecule has 0 bridgehead atoms. The lowest BCUT2D eigenvalue weighted by Gasteiger charge is -1.90. The average Bonchev–Trinajstić information content (AvgIpc) is 2.15. The summed E-state index contributed by atoms with van der Waals surface area (Å²) in [5.74, 6) is 0.217. The van der Waals surface area contributed by atoms with E-state index in [1.54, 1.807) is 0 Å². The molecule has 0 fully saturated rings. The van der Waals surface area contributed by atoms with Gasteiger partial charge in [-0.15, -0.1) is 0 Å². The summed E-state index contributed by atoms with van der Waals surface area (Å²) < 4.78 is 4.70. The largest absolute Gasteiger partial charge is 0.428 e. The van der Waals surface area contributed by atoms with E-state index in [1.807, 2.05) is 0 Å². The average molecular weight is 126 g/mol. The number of amides is 1. The van der Waals surface area contributed by atoms with Crippen molar-refractivity contribution in [1.29, 1.82) is 0 Å². The van der Waals surface area contributed by atoms with Gasteiger partial charge >= 0.3 is 0 Å². The van der Waals surface area contributed by atoms with Gasteiger partial charge in [0.05, 0.1) is 6.20 Å². The smallest absolute Gasteiger partial charge is 0.223 e. The Labute approximate surface area is 51.9 Å². The molecule has 1 rings (SSSR count). The lowest BCUT2D eigenvalue weighted by atomic mass is 10.6. The number of nitrogens with one attached hydrogen (secondary N) is 1. The number of hydrogen-bond acceptors (Lipinski definition) is 3. The molecule has 1 heterocycles. The first-order valence-corrected chi connectivity index (χ1v) is 2.45. The van der Waals surface area contributed by atoms with Gasteiger partial charge in [0, 0.05) is 6.92 Å². The fraction of sp³-hybridized carbons (Fsp3) is 0.200. The van der Waals surface area contributed by atoms with Crippen LogP contribution >= 0.6 is 0 Å². The van der Waals surface area contributed by atoms with Gasteiger partial charge in [-0.1, -0.05) is 0 Å². The van der Waals surface area contributed by atoms with Crippen molar-refractivity contribution < 1.29 is 9.21 Å². The zero-order valence-corrected chi connectivity index (χ0v) is 4.92. The van der Waals surface area contributed by atoms with E-state index in [0.717, 1.165) is 0 Å². The van der Waals surface area contributed by atoms with E-state index in [9.17, 15) is 4.79 Å². The first-order valence-electron chi connectivity index (χ1n) is 2.45. The van der Waals surface area contributed by atoms with Crippen molar-refractivity contribution in [3.8, 4) is 0 Å². The molecular weight excluding hydrogens is 120 g/mol. The summed E-state index contributed by atoms with van der Waals surface area (Å²) in [4.78, 5) is 13.9. The minimum Gasteiger partial charge on any atom is -0.428 e. The predicted octanol–water partition coefficient (Wildman–Crippen LogP) is 0.633. The normalized spacial score (nSPS) is 9.00. The van der Waals surface area contributed by atoms with E-state index in [2.05, 4.69) is 10.3 Å². The van der Waals surface area contributed by atoms with Crippen LogP contribution in [-0.2, 0) is 4.79 Å². The van der Waals surface area contributed by atoms with Gasteiger partial charge < -0.3 is 4.42 Å². The maximum absolute atomic E-state index is 10.3. The van der Waals surface area contributed by atoms with Crippen LogP contribution < -0.4 is 5.32 Å². The van der Waals surface area contributed by atoms with Crippen LogP contribution in [0.2, 0.25) is 0 Å². The Morgan fingerprint density at radius 1 is 1.89 bits per heavy atom. The second-order valence-corrected chi connectivity index (χ2v) is 1.55. The van der Waals surface area contributed by atoms with Crippen molar-refractivity contribution in [1.82, 2.24) is 4.98 Å². The van der Waals surface area contributed by atoms with Crippen molar-refractivity contribution in [2.45, 2.75) is 6.92 Å². The Morgan fingerprint density at radius 3 is 3.11 bits per heavy atom. The number of nitrogens with zero attached hydrogens (tertiary/aromatic N) is 1. The number of oxazole rings is 1. The van der Waals surface area contributed by atoms with E-state index in [4.69, 9.17) is 4.42 Å². The highest BCUT2D eigenvalue weighted by atomic mass is 16.4. The van der Waals surface area contributed by atoms with E-state index in [0.29, 0.717) is 5.88 Å². The first-order chi connectivity index (χ1) is 4.29. The van der Waals surface area contributed by atoms with Crippen molar-refractivity contribution >= 4 is 11.8 Å². The topological polar surface area (TPSA) is 55.1 Å². The van der Waals surface area contributed by atoms with Gasteiger partial charge in [-0.25, -0.2) is 4.98 Å². The summed E-state index contributed by atoms with van der Waals surface area (Å²) in [7, 11) is 0. The van der Waals surface area contributed by atoms with Gasteiger partial charge in [-0.2, -0.15) is 0 Å². The SMILES string of the molecule is CC(=O)Nc1cnco1. The number of carbonyl (C=O) groups excluding carboxylic acids is 1. The molecule has 0 saturated heterocycles. The highest BCUT2D eigenvalue weighted by molar-refractivity contribution is 5.86. The quantitative estimate of drug-likeness (QED) is 0.600. The fourth-order valence-corrected chi connectivity index (χ4v) is 0.451. The molecule has 0 aliphatic rings. The van der Waals surface area contributed by atoms with Crippen LogP contribution in [0, 0.1) is 0 Å². The fourth-order valence-electron chi connectivity index (χ4n) is 0.451. The van der Waals surface area contributed by atoms with E-state index in [-0.39, 0.29) is 5.91 Å². The Hall–Kier alpha value is -1.32. The van der Waals surface area contributed by atoms with Gasteiger partial charge in [-0.3, -0.25) is 10.1 Å². The monoisotopic (exact) mass is 126 g/mol. The van der Waals surface area contributed by atoms with Crippen LogP contribution in [-0.4, -0.2) is 10.9 Å². The first kappa shape index (κ1) is 5.81. The Morgan fingerprint density at radius 2 is 2.67 bits per heavy atom. The standard InChI is InChI=1S/C5H6N2O2/c1-4(8)7-5-2-6-3-9-5/h2-3H,1H3,(H,7,8). The number of anilines is 1. The number of carbonyl (C=O) groups is 1. The molecule has 0 aliphatic carbocycles. The van der Waals surface area contributed by atoms with Crippen LogP contribution in [0.15, 0.2) is 17.0 Å². The molecule has 0 unspecified atom stereocenters. The molecule has 1 aromatic heterocycles. The molecule has 0 spiro atoms. The number of aromatic nitrogens is 1. The van der Waals surface area contributed by atoms with Crippen LogP contribution in [0.3, 0.4) is 0 Å². The molecule has 4 heteroatoms. The van der Waals surface area contributed by atoms with E-state index in [1.165, 1.54) is 19.5 Å². The molecule has 0 aliphatic heterocycles. The molecule has 1 amide bonds. The van der Waals surface area contributed by atoms with Gasteiger partial charge in [0.2, 0.25) is 11.8 Å². The second-order valence-electron chi connectivity index (χ2n) is 1.55. The molecule has 9 heavy (non-hydrogen) atoms. The number of hydrogen-bond donors (Lipinski definition) is 1. The highest BCUT2D eigenvalue weighted by Gasteiger charge is 1.95. The number of rotatable bonds is 1. The van der Waals surface area contributed by atoms with Gasteiger partial charge in [0.1, 0.15) is 0 Å². The van der Waals surface area contributed by atoms with Crippen LogP contribution in [0.25, 0.3) is 0 Å². The van der Waals surface area contributed by atoms with Crippen LogP contribution in [0.1, 0.15) is 6.92 Å². The van der Waals surface area contributed by atoms with Crippen molar-refractivity contribution in [3.63, 3.8) is 0 Å². The van der Waals surface area contributed by atoms with Gasteiger partial charge in [-0.05, 0) is 0 Å². The van der Waals surface area contributed by atoms with E-state index >= 15 is 0 Å². The van der Waals surface area contributed by atoms with Crippen LogP contribution in [0.4, 0.5) is 5.88 Å². The molecular formula is C5H6N2O2. The van der Waals surface area contributed by atoms with Crippen molar-refractivity contribution in [2.24, 2.45) is 0 Å². The van der Waals surface area contributed by atoms with E-state index < -0.39 is 0 Å². The third-order valence-electron chi connectivity index (χ3n) is 0.732. The molecule has 1 N–H and O–H groups in total. The molecule has 0 atom stereocenters. The molecule has 0 aromatic carbocycles. The minimum absolute atomic E-state index is 0.160. The molecule has 0 radical (unpaired) electrons. The molecule has 0 saturated carbocycles. The zero-order chi connectivity index (χ0) is 6.69. The lowest BCUT2D eigenvalue weighted by Crippen LogP contribution is -2.04. The summed E-state index contributed by atoms with van der Waals surface area (Å²) in [5, 5.41) is 2.42.